The van der Waals surface area contributed by atoms with Crippen molar-refractivity contribution in [2.24, 2.45) is 0 Å². The summed E-state index contributed by atoms with van der Waals surface area (Å²) >= 11 is 0. The molecule has 2 aromatic rings. The lowest BCUT2D eigenvalue weighted by atomic mass is 10.1. The van der Waals surface area contributed by atoms with E-state index in [-0.39, 0.29) is 17.3 Å². The number of sulfone groups is 1. The summed E-state index contributed by atoms with van der Waals surface area (Å²) < 4.78 is 24.5. The van der Waals surface area contributed by atoms with Crippen LogP contribution in [0.5, 0.6) is 0 Å². The fourth-order valence-corrected chi connectivity index (χ4v) is 3.92. The Morgan fingerprint density at radius 1 is 1.08 bits per heavy atom. The van der Waals surface area contributed by atoms with Gasteiger partial charge in [-0.25, -0.2) is 13.1 Å². The first-order valence-corrected chi connectivity index (χ1v) is 10.1. The molecule has 1 aliphatic heterocycles. The normalized spacial score (nSPS) is 16.7. The molecule has 0 amide bonds. The maximum Gasteiger partial charge on any atom is 0.153 e. The summed E-state index contributed by atoms with van der Waals surface area (Å²) in [5, 5.41) is 19.5. The molecular weight excluding hydrogens is 350 g/mol. The van der Waals surface area contributed by atoms with E-state index in [9.17, 15) is 8.42 Å². The zero-order valence-electron chi connectivity index (χ0n) is 14.5. The molecule has 1 aliphatic rings. The van der Waals surface area contributed by atoms with E-state index in [0.29, 0.717) is 18.8 Å². The summed E-state index contributed by atoms with van der Waals surface area (Å²) in [6.45, 7) is 2.70. The van der Waals surface area contributed by atoms with Crippen molar-refractivity contribution in [3.05, 3.63) is 48.8 Å². The second-order valence-corrected chi connectivity index (χ2v) is 8.56. The Labute approximate surface area is 152 Å². The van der Waals surface area contributed by atoms with E-state index in [1.807, 2.05) is 24.3 Å². The highest BCUT2D eigenvalue weighted by atomic mass is 32.2. The van der Waals surface area contributed by atoms with Crippen LogP contribution in [-0.2, 0) is 9.84 Å². The number of hydrogen-bond acceptors (Lipinski definition) is 6. The zero-order chi connectivity index (χ0) is 18.7. The number of nitrogens with one attached hydrogen (secondary N) is 2. The third kappa shape index (κ3) is 4.26. The van der Waals surface area contributed by atoms with Crippen molar-refractivity contribution < 1.29 is 8.42 Å². The largest absolute Gasteiger partial charge is 0.369 e. The van der Waals surface area contributed by atoms with Crippen molar-refractivity contribution in [1.29, 1.82) is 10.8 Å². The van der Waals surface area contributed by atoms with Gasteiger partial charge in [-0.05, 0) is 36.8 Å². The lowest BCUT2D eigenvalue weighted by Crippen LogP contribution is -2.40. The minimum Gasteiger partial charge on any atom is -0.369 e. The van der Waals surface area contributed by atoms with Crippen molar-refractivity contribution in [2.45, 2.75) is 6.92 Å². The minimum absolute atomic E-state index is 0.189. The summed E-state index contributed by atoms with van der Waals surface area (Å²) in [6, 6.07) is 7.91. The first kappa shape index (κ1) is 18.1. The Kier molecular flexibility index (Phi) is 5.03. The first-order valence-electron chi connectivity index (χ1n) is 8.27. The van der Waals surface area contributed by atoms with E-state index in [0.717, 1.165) is 16.8 Å². The molecule has 1 aromatic carbocycles. The van der Waals surface area contributed by atoms with Gasteiger partial charge in [0.05, 0.1) is 17.7 Å². The van der Waals surface area contributed by atoms with Crippen LogP contribution in [0.3, 0.4) is 0 Å². The number of rotatable bonds is 4. The highest BCUT2D eigenvalue weighted by molar-refractivity contribution is 7.91. The average Bonchev–Trinajstić information content (AvgIpc) is 3.10. The van der Waals surface area contributed by atoms with Crippen molar-refractivity contribution in [1.82, 2.24) is 9.78 Å². The second kappa shape index (κ2) is 7.25. The van der Waals surface area contributed by atoms with E-state index >= 15 is 0 Å². The molecule has 2 heterocycles. The SMILES string of the molecule is CC(=N)/C=C\C(=N)n1cc(-c2ccc(N3CCS(=O)(=O)CC3)cc2)cn1. The monoisotopic (exact) mass is 371 g/mol. The molecule has 26 heavy (non-hydrogen) atoms. The number of anilines is 1. The molecule has 1 fully saturated rings. The maximum absolute atomic E-state index is 11.5. The first-order chi connectivity index (χ1) is 12.3. The molecule has 3 rings (SSSR count). The molecule has 0 atom stereocenters. The number of benzene rings is 1. The van der Waals surface area contributed by atoms with Crippen LogP contribution in [-0.4, -0.2) is 54.3 Å². The smallest absolute Gasteiger partial charge is 0.153 e. The van der Waals surface area contributed by atoms with E-state index in [2.05, 4.69) is 10.00 Å². The molecule has 1 saturated heterocycles. The zero-order valence-corrected chi connectivity index (χ0v) is 15.3. The van der Waals surface area contributed by atoms with Gasteiger partial charge in [-0.3, -0.25) is 5.41 Å². The Hall–Kier alpha value is -2.74. The predicted molar refractivity (Wildman–Crippen MR) is 104 cm³/mol. The summed E-state index contributed by atoms with van der Waals surface area (Å²) in [7, 11) is -2.88. The summed E-state index contributed by atoms with van der Waals surface area (Å²) in [5.41, 5.74) is 3.25. The van der Waals surface area contributed by atoms with Crippen molar-refractivity contribution >= 4 is 27.1 Å². The minimum atomic E-state index is -2.88. The van der Waals surface area contributed by atoms with Crippen LogP contribution in [0.2, 0.25) is 0 Å². The Morgan fingerprint density at radius 2 is 1.73 bits per heavy atom. The number of aromatic nitrogens is 2. The topological polar surface area (TPSA) is 103 Å². The molecule has 136 valence electrons. The van der Waals surface area contributed by atoms with E-state index in [1.165, 1.54) is 10.8 Å². The van der Waals surface area contributed by atoms with Crippen LogP contribution >= 0.6 is 0 Å². The predicted octanol–water partition coefficient (Wildman–Crippen LogP) is 2.21. The van der Waals surface area contributed by atoms with E-state index in [1.54, 1.807) is 25.4 Å². The van der Waals surface area contributed by atoms with Gasteiger partial charge in [0.25, 0.3) is 0 Å². The molecule has 0 saturated carbocycles. The Morgan fingerprint density at radius 3 is 2.35 bits per heavy atom. The molecule has 2 N–H and O–H groups in total. The van der Waals surface area contributed by atoms with Crippen LogP contribution in [0, 0.1) is 10.8 Å². The molecule has 8 heteroatoms. The van der Waals surface area contributed by atoms with E-state index in [4.69, 9.17) is 10.8 Å². The molecule has 0 radical (unpaired) electrons. The molecule has 0 aliphatic carbocycles. The Balaban J connectivity index is 1.71. The number of nitrogens with zero attached hydrogens (tertiary/aromatic N) is 3. The lowest BCUT2D eigenvalue weighted by molar-refractivity contribution is 0.587. The van der Waals surface area contributed by atoms with Gasteiger partial charge < -0.3 is 10.3 Å². The van der Waals surface area contributed by atoms with Gasteiger partial charge in [-0.1, -0.05) is 12.1 Å². The third-order valence-corrected chi connectivity index (χ3v) is 5.84. The van der Waals surface area contributed by atoms with Crippen LogP contribution in [0.4, 0.5) is 5.69 Å². The summed E-state index contributed by atoms with van der Waals surface area (Å²) in [5.74, 6) is 0.590. The molecule has 7 nitrogen and oxygen atoms in total. The summed E-state index contributed by atoms with van der Waals surface area (Å²) in [6.07, 6.45) is 6.56. The third-order valence-electron chi connectivity index (χ3n) is 4.23. The highest BCUT2D eigenvalue weighted by Crippen LogP contribution is 2.24. The van der Waals surface area contributed by atoms with Crippen LogP contribution < -0.4 is 4.90 Å². The quantitative estimate of drug-likeness (QED) is 0.635. The number of allylic oxidation sites excluding steroid dienone is 2. The van der Waals surface area contributed by atoms with Crippen LogP contribution in [0.1, 0.15) is 6.92 Å². The second-order valence-electron chi connectivity index (χ2n) is 6.26. The fourth-order valence-electron chi connectivity index (χ4n) is 2.72. The van der Waals surface area contributed by atoms with Gasteiger partial charge in [0.1, 0.15) is 5.84 Å². The van der Waals surface area contributed by atoms with Gasteiger partial charge in [-0.15, -0.1) is 0 Å². The van der Waals surface area contributed by atoms with Crippen LogP contribution in [0.25, 0.3) is 11.1 Å². The molecule has 0 bridgehead atoms. The fraction of sp³-hybridized carbons (Fsp3) is 0.278. The van der Waals surface area contributed by atoms with Crippen molar-refractivity contribution in [3.8, 4) is 11.1 Å². The van der Waals surface area contributed by atoms with Gasteiger partial charge in [0.2, 0.25) is 0 Å². The maximum atomic E-state index is 11.5. The van der Waals surface area contributed by atoms with Crippen molar-refractivity contribution in [3.63, 3.8) is 0 Å². The number of hydrogen-bond donors (Lipinski definition) is 2. The molecule has 1 aromatic heterocycles. The van der Waals surface area contributed by atoms with Crippen molar-refractivity contribution in [2.75, 3.05) is 29.5 Å². The van der Waals surface area contributed by atoms with Gasteiger partial charge in [-0.2, -0.15) is 5.10 Å². The van der Waals surface area contributed by atoms with Gasteiger partial charge in [0, 0.05) is 36.2 Å². The van der Waals surface area contributed by atoms with Gasteiger partial charge >= 0.3 is 0 Å². The van der Waals surface area contributed by atoms with Gasteiger partial charge in [0.15, 0.2) is 9.84 Å². The molecule has 0 spiro atoms. The summed E-state index contributed by atoms with van der Waals surface area (Å²) in [4.78, 5) is 2.08. The molecule has 0 unspecified atom stereocenters. The molecular formula is C18H21N5O2S. The lowest BCUT2D eigenvalue weighted by Gasteiger charge is -2.28. The highest BCUT2D eigenvalue weighted by Gasteiger charge is 2.21. The van der Waals surface area contributed by atoms with E-state index < -0.39 is 9.84 Å². The average molecular weight is 371 g/mol. The standard InChI is InChI=1S/C18H21N5O2S/c1-14(19)2-7-18(20)23-13-16(12-21-23)15-3-5-17(6-4-15)22-8-10-26(24,25)11-9-22/h2-7,12-13,19-20H,8-11H2,1H3/b7-2-,19-14?,20-18?. The van der Waals surface area contributed by atoms with Crippen LogP contribution in [0.15, 0.2) is 48.8 Å². The Bertz CT molecular complexity index is 944.